The highest BCUT2D eigenvalue weighted by Gasteiger charge is 2.35. The molecule has 1 aliphatic rings. The fourth-order valence-corrected chi connectivity index (χ4v) is 6.58. The van der Waals surface area contributed by atoms with E-state index in [1.807, 2.05) is 30.3 Å². The second-order valence-electron chi connectivity index (χ2n) is 14.7. The number of hydrogen-bond acceptors (Lipinski definition) is 8. The molecule has 4 amide bonds. The number of nitrogens with zero attached hydrogens (tertiary/aromatic N) is 1. The summed E-state index contributed by atoms with van der Waals surface area (Å²) in [5.74, 6) is -0.601. The summed E-state index contributed by atoms with van der Waals surface area (Å²) in [6.45, 7) is 7.89. The van der Waals surface area contributed by atoms with Gasteiger partial charge in [0.1, 0.15) is 17.9 Å². The number of nitrogens with one attached hydrogen (secondary N) is 3. The molecule has 0 saturated carbocycles. The van der Waals surface area contributed by atoms with Crippen molar-refractivity contribution in [1.82, 2.24) is 20.9 Å². The van der Waals surface area contributed by atoms with Crippen LogP contribution in [0.25, 0.3) is 0 Å². The van der Waals surface area contributed by atoms with Crippen LogP contribution in [0.1, 0.15) is 135 Å². The summed E-state index contributed by atoms with van der Waals surface area (Å²) in [5.41, 5.74) is 0.943. The summed E-state index contributed by atoms with van der Waals surface area (Å²) in [6, 6.07) is 8.33. The highest BCUT2D eigenvalue weighted by Crippen LogP contribution is 2.20. The van der Waals surface area contributed by atoms with Gasteiger partial charge < -0.3 is 39.9 Å². The smallest absolute Gasteiger partial charge is 0.243 e. The van der Waals surface area contributed by atoms with Crippen molar-refractivity contribution in [2.24, 2.45) is 0 Å². The SMILES string of the molecule is CCCCCCCCCCCCCC(=O)N1CCCC1C(=O)NC(Cc1ccccc1)C(=O)NCCCOCCOCCOCCCNC(=O)CCC(C)=O. The Morgan fingerprint density at radius 3 is 1.85 bits per heavy atom. The van der Waals surface area contributed by atoms with Gasteiger partial charge in [-0.05, 0) is 44.6 Å². The van der Waals surface area contributed by atoms with Crippen LogP contribution in [0.3, 0.4) is 0 Å². The predicted octanol–water partition coefficient (Wildman–Crippen LogP) is 5.84. The monoisotopic (exact) mass is 773 g/mol. The minimum absolute atomic E-state index is 0.00549. The van der Waals surface area contributed by atoms with Gasteiger partial charge in [-0.3, -0.25) is 19.2 Å². The van der Waals surface area contributed by atoms with Crippen LogP contribution in [0.4, 0.5) is 0 Å². The molecule has 12 nitrogen and oxygen atoms in total. The van der Waals surface area contributed by atoms with Crippen LogP contribution < -0.4 is 16.0 Å². The van der Waals surface area contributed by atoms with Gasteiger partial charge in [0.25, 0.3) is 0 Å². The van der Waals surface area contributed by atoms with E-state index >= 15 is 0 Å². The molecule has 312 valence electrons. The molecule has 3 N–H and O–H groups in total. The topological polar surface area (TPSA) is 152 Å². The van der Waals surface area contributed by atoms with E-state index in [4.69, 9.17) is 14.2 Å². The van der Waals surface area contributed by atoms with Crippen molar-refractivity contribution < 1.29 is 38.2 Å². The van der Waals surface area contributed by atoms with E-state index in [-0.39, 0.29) is 42.3 Å². The molecule has 1 fully saturated rings. The molecule has 1 aliphatic heterocycles. The van der Waals surface area contributed by atoms with Crippen LogP contribution in [0, 0.1) is 0 Å². The molecular formula is C43H72N4O8. The van der Waals surface area contributed by atoms with Gasteiger partial charge in [0.05, 0.1) is 26.4 Å². The van der Waals surface area contributed by atoms with E-state index in [0.717, 1.165) is 31.2 Å². The van der Waals surface area contributed by atoms with Gasteiger partial charge in [0.2, 0.25) is 23.6 Å². The minimum Gasteiger partial charge on any atom is -0.379 e. The number of likely N-dealkylation sites (tertiary alicyclic amines) is 1. The van der Waals surface area contributed by atoms with Gasteiger partial charge in [0, 0.05) is 58.5 Å². The maximum Gasteiger partial charge on any atom is 0.243 e. The Hall–Kier alpha value is -3.35. The summed E-state index contributed by atoms with van der Waals surface area (Å²) in [4.78, 5) is 64.3. The molecule has 1 aromatic rings. The number of carbonyl (C=O) groups is 5. The standard InChI is InChI=1S/C43H72N4O8/c1-3-4-5-6-7-8-9-10-11-12-16-23-41(50)47-28-17-22-39(47)43(52)46-38(35-37-20-14-13-15-21-37)42(51)45-27-19-30-54-32-34-55-33-31-53-29-18-26-44-40(49)25-24-36(2)48/h13-15,20-21,38-39H,3-12,16-19,22-35H2,1-2H3,(H,44,49)(H,45,51)(H,46,52). The molecule has 2 rings (SSSR count). The summed E-state index contributed by atoms with van der Waals surface area (Å²) in [7, 11) is 0. The molecule has 1 heterocycles. The third-order valence-electron chi connectivity index (χ3n) is 9.79. The van der Waals surface area contributed by atoms with E-state index in [2.05, 4.69) is 22.9 Å². The lowest BCUT2D eigenvalue weighted by Gasteiger charge is -2.26. The van der Waals surface area contributed by atoms with Crippen LogP contribution in [-0.2, 0) is 44.6 Å². The van der Waals surface area contributed by atoms with Crippen molar-refractivity contribution in [2.45, 2.75) is 148 Å². The van der Waals surface area contributed by atoms with Gasteiger partial charge >= 0.3 is 0 Å². The van der Waals surface area contributed by atoms with E-state index < -0.39 is 12.1 Å². The summed E-state index contributed by atoms with van der Waals surface area (Å²) in [6.07, 6.45) is 17.5. The highest BCUT2D eigenvalue weighted by atomic mass is 16.5. The lowest BCUT2D eigenvalue weighted by molar-refractivity contribution is -0.139. The van der Waals surface area contributed by atoms with Gasteiger partial charge in [-0.25, -0.2) is 0 Å². The maximum absolute atomic E-state index is 13.5. The van der Waals surface area contributed by atoms with Gasteiger partial charge in [-0.15, -0.1) is 0 Å². The van der Waals surface area contributed by atoms with Crippen LogP contribution in [0.15, 0.2) is 30.3 Å². The molecule has 2 atom stereocenters. The van der Waals surface area contributed by atoms with Crippen molar-refractivity contribution in [3.05, 3.63) is 35.9 Å². The Labute approximate surface area is 330 Å². The van der Waals surface area contributed by atoms with Gasteiger partial charge in [-0.1, -0.05) is 101 Å². The molecule has 12 heteroatoms. The Bertz CT molecular complexity index is 1200. The van der Waals surface area contributed by atoms with Crippen molar-refractivity contribution in [3.8, 4) is 0 Å². The first-order valence-corrected chi connectivity index (χ1v) is 21.2. The zero-order valence-corrected chi connectivity index (χ0v) is 34.1. The molecule has 0 radical (unpaired) electrons. The molecule has 55 heavy (non-hydrogen) atoms. The number of Topliss-reactive ketones (excluding diaryl/α,β-unsaturated/α-hetero) is 1. The van der Waals surface area contributed by atoms with E-state index in [1.165, 1.54) is 58.3 Å². The van der Waals surface area contributed by atoms with Crippen molar-refractivity contribution >= 4 is 29.4 Å². The van der Waals surface area contributed by atoms with Crippen LogP contribution in [0.5, 0.6) is 0 Å². The second-order valence-corrected chi connectivity index (χ2v) is 14.7. The second kappa shape index (κ2) is 31.8. The number of ketones is 1. The first-order chi connectivity index (χ1) is 26.8. The van der Waals surface area contributed by atoms with E-state index in [9.17, 15) is 24.0 Å². The Balaban J connectivity index is 1.61. The van der Waals surface area contributed by atoms with Crippen molar-refractivity contribution in [1.29, 1.82) is 0 Å². The molecule has 0 aliphatic carbocycles. The van der Waals surface area contributed by atoms with Crippen LogP contribution >= 0.6 is 0 Å². The highest BCUT2D eigenvalue weighted by molar-refractivity contribution is 5.92. The van der Waals surface area contributed by atoms with Crippen molar-refractivity contribution in [3.63, 3.8) is 0 Å². The normalized spacial score (nSPS) is 14.4. The Morgan fingerprint density at radius 1 is 0.691 bits per heavy atom. The number of carbonyl (C=O) groups excluding carboxylic acids is 5. The summed E-state index contributed by atoms with van der Waals surface area (Å²) >= 11 is 0. The third kappa shape index (κ3) is 24.0. The number of ether oxygens (including phenoxy) is 3. The largest absolute Gasteiger partial charge is 0.379 e. The zero-order chi connectivity index (χ0) is 39.8. The zero-order valence-electron chi connectivity index (χ0n) is 34.1. The predicted molar refractivity (Wildman–Crippen MR) is 216 cm³/mol. The van der Waals surface area contributed by atoms with Gasteiger partial charge in [0.15, 0.2) is 0 Å². The van der Waals surface area contributed by atoms with E-state index in [0.29, 0.717) is 91.4 Å². The molecular weight excluding hydrogens is 700 g/mol. The number of amides is 4. The number of unbranched alkanes of at least 4 members (excludes halogenated alkanes) is 10. The van der Waals surface area contributed by atoms with Crippen molar-refractivity contribution in [2.75, 3.05) is 59.3 Å². The summed E-state index contributed by atoms with van der Waals surface area (Å²) in [5, 5.41) is 8.71. The quantitative estimate of drug-likeness (QED) is 0.0740. The molecule has 1 aromatic carbocycles. The van der Waals surface area contributed by atoms with Crippen LogP contribution in [0.2, 0.25) is 0 Å². The fraction of sp³-hybridized carbons (Fsp3) is 0.744. The van der Waals surface area contributed by atoms with E-state index in [1.54, 1.807) is 4.90 Å². The number of hydrogen-bond donors (Lipinski definition) is 3. The molecule has 1 saturated heterocycles. The average molecular weight is 773 g/mol. The lowest BCUT2D eigenvalue weighted by Crippen LogP contribution is -2.54. The molecule has 0 spiro atoms. The number of benzene rings is 1. The first-order valence-electron chi connectivity index (χ1n) is 21.2. The molecule has 0 aromatic heterocycles. The van der Waals surface area contributed by atoms with Crippen LogP contribution in [-0.4, -0.2) is 106 Å². The first kappa shape index (κ1) is 47.8. The average Bonchev–Trinajstić information content (AvgIpc) is 3.68. The summed E-state index contributed by atoms with van der Waals surface area (Å²) < 4.78 is 16.7. The third-order valence-corrected chi connectivity index (χ3v) is 9.79. The molecule has 2 unspecified atom stereocenters. The lowest BCUT2D eigenvalue weighted by atomic mass is 10.0. The molecule has 0 bridgehead atoms. The maximum atomic E-state index is 13.5. The van der Waals surface area contributed by atoms with Gasteiger partial charge in [-0.2, -0.15) is 0 Å². The Morgan fingerprint density at radius 2 is 1.25 bits per heavy atom. The minimum atomic E-state index is -0.757. The number of rotatable bonds is 34. The fourth-order valence-electron chi connectivity index (χ4n) is 6.58. The Kier molecular flexibility index (Phi) is 27.6.